The molecule has 0 aliphatic carbocycles. The second-order valence-corrected chi connectivity index (χ2v) is 3.97. The number of hydrogen-bond donors (Lipinski definition) is 2. The van der Waals surface area contributed by atoms with Crippen molar-refractivity contribution in [3.63, 3.8) is 0 Å². The van der Waals surface area contributed by atoms with Gasteiger partial charge in [-0.05, 0) is 24.6 Å². The number of nitrogens with one attached hydrogen (secondary N) is 1. The first-order valence-corrected chi connectivity index (χ1v) is 5.31. The third kappa shape index (κ3) is 3.38. The zero-order valence-corrected chi connectivity index (χ0v) is 9.77. The standard InChI is InChI=1S/C10H12Cl2N2O/c1-2-8(13)10(15)14-9-4-3-6(11)5-7(9)12/h3-5,8H,2,13H2,1H3,(H,14,15)/t8-/m0/s1. The molecule has 0 heterocycles. The summed E-state index contributed by atoms with van der Waals surface area (Å²) in [5.74, 6) is -0.248. The molecule has 1 rings (SSSR count). The lowest BCUT2D eigenvalue weighted by molar-refractivity contribution is -0.117. The summed E-state index contributed by atoms with van der Waals surface area (Å²) in [5.41, 5.74) is 6.09. The molecule has 0 aliphatic heterocycles. The van der Waals surface area contributed by atoms with Crippen LogP contribution in [0.3, 0.4) is 0 Å². The van der Waals surface area contributed by atoms with Gasteiger partial charge in [0.2, 0.25) is 5.91 Å². The fourth-order valence-corrected chi connectivity index (χ4v) is 1.46. The number of nitrogens with two attached hydrogens (primary N) is 1. The Hall–Kier alpha value is -0.770. The van der Waals surface area contributed by atoms with E-state index in [1.165, 1.54) is 0 Å². The summed E-state index contributed by atoms with van der Waals surface area (Å²) in [5, 5.41) is 3.56. The van der Waals surface area contributed by atoms with Crippen molar-refractivity contribution in [1.82, 2.24) is 0 Å². The van der Waals surface area contributed by atoms with Crippen LogP contribution in [0.15, 0.2) is 18.2 Å². The largest absolute Gasteiger partial charge is 0.323 e. The van der Waals surface area contributed by atoms with Gasteiger partial charge in [0.15, 0.2) is 0 Å². The molecule has 0 fully saturated rings. The predicted molar refractivity (Wildman–Crippen MR) is 63.4 cm³/mol. The normalized spacial score (nSPS) is 12.3. The summed E-state index contributed by atoms with van der Waals surface area (Å²) < 4.78 is 0. The fourth-order valence-electron chi connectivity index (χ4n) is 1.00. The van der Waals surface area contributed by atoms with Crippen LogP contribution in [0.5, 0.6) is 0 Å². The van der Waals surface area contributed by atoms with Gasteiger partial charge < -0.3 is 11.1 Å². The molecule has 82 valence electrons. The van der Waals surface area contributed by atoms with Gasteiger partial charge in [-0.25, -0.2) is 0 Å². The highest BCUT2D eigenvalue weighted by molar-refractivity contribution is 6.36. The topological polar surface area (TPSA) is 55.1 Å². The molecule has 1 amide bonds. The molecule has 0 aromatic heterocycles. The number of amides is 1. The van der Waals surface area contributed by atoms with Crippen molar-refractivity contribution < 1.29 is 4.79 Å². The van der Waals surface area contributed by atoms with E-state index in [4.69, 9.17) is 28.9 Å². The molecule has 15 heavy (non-hydrogen) atoms. The molecular formula is C10H12Cl2N2O. The van der Waals surface area contributed by atoms with E-state index in [2.05, 4.69) is 5.32 Å². The highest BCUT2D eigenvalue weighted by Crippen LogP contribution is 2.25. The van der Waals surface area contributed by atoms with Gasteiger partial charge in [0, 0.05) is 5.02 Å². The Kier molecular flexibility index (Phi) is 4.39. The Morgan fingerprint density at radius 2 is 2.20 bits per heavy atom. The van der Waals surface area contributed by atoms with Crippen LogP contribution in [0.25, 0.3) is 0 Å². The molecule has 0 spiro atoms. The molecule has 0 saturated heterocycles. The second-order valence-electron chi connectivity index (χ2n) is 3.13. The lowest BCUT2D eigenvalue weighted by Gasteiger charge is -2.11. The number of anilines is 1. The van der Waals surface area contributed by atoms with E-state index in [0.717, 1.165) is 0 Å². The molecule has 1 atom stereocenters. The summed E-state index contributed by atoms with van der Waals surface area (Å²) in [6.45, 7) is 1.84. The second kappa shape index (κ2) is 5.35. The quantitative estimate of drug-likeness (QED) is 0.862. The molecule has 3 N–H and O–H groups in total. The summed E-state index contributed by atoms with van der Waals surface area (Å²) in [4.78, 5) is 11.5. The van der Waals surface area contributed by atoms with Crippen molar-refractivity contribution in [2.45, 2.75) is 19.4 Å². The van der Waals surface area contributed by atoms with Crippen LogP contribution in [0.4, 0.5) is 5.69 Å². The van der Waals surface area contributed by atoms with Gasteiger partial charge in [0.1, 0.15) is 0 Å². The first-order chi connectivity index (χ1) is 7.04. The van der Waals surface area contributed by atoms with Crippen molar-refractivity contribution >= 4 is 34.8 Å². The SMILES string of the molecule is CC[C@H](N)C(=O)Nc1ccc(Cl)cc1Cl. The smallest absolute Gasteiger partial charge is 0.241 e. The minimum absolute atomic E-state index is 0.248. The lowest BCUT2D eigenvalue weighted by Crippen LogP contribution is -2.34. The molecule has 0 aliphatic rings. The average Bonchev–Trinajstić information content (AvgIpc) is 2.20. The third-order valence-corrected chi connectivity index (χ3v) is 2.51. The number of carbonyl (C=O) groups excluding carboxylic acids is 1. The van der Waals surface area contributed by atoms with Crippen LogP contribution >= 0.6 is 23.2 Å². The van der Waals surface area contributed by atoms with Crippen LogP contribution in [0, 0.1) is 0 Å². The number of benzene rings is 1. The van der Waals surface area contributed by atoms with Crippen molar-refractivity contribution in [2.24, 2.45) is 5.73 Å². The van der Waals surface area contributed by atoms with Gasteiger partial charge in [-0.2, -0.15) is 0 Å². The maximum absolute atomic E-state index is 11.5. The minimum atomic E-state index is -0.517. The molecule has 3 nitrogen and oxygen atoms in total. The summed E-state index contributed by atoms with van der Waals surface area (Å²) in [7, 11) is 0. The van der Waals surface area contributed by atoms with Crippen molar-refractivity contribution in [2.75, 3.05) is 5.32 Å². The van der Waals surface area contributed by atoms with Crippen LogP contribution < -0.4 is 11.1 Å². The van der Waals surface area contributed by atoms with Gasteiger partial charge in [0.05, 0.1) is 16.8 Å². The molecule has 0 bridgehead atoms. The van der Waals surface area contributed by atoms with E-state index in [9.17, 15) is 4.79 Å². The van der Waals surface area contributed by atoms with Crippen molar-refractivity contribution in [3.8, 4) is 0 Å². The van der Waals surface area contributed by atoms with Gasteiger partial charge in [-0.1, -0.05) is 30.1 Å². The van der Waals surface area contributed by atoms with Gasteiger partial charge >= 0.3 is 0 Å². The maximum Gasteiger partial charge on any atom is 0.241 e. The Morgan fingerprint density at radius 3 is 2.73 bits per heavy atom. The highest BCUT2D eigenvalue weighted by Gasteiger charge is 2.12. The van der Waals surface area contributed by atoms with Crippen molar-refractivity contribution in [3.05, 3.63) is 28.2 Å². The molecule has 0 unspecified atom stereocenters. The predicted octanol–water partition coefficient (Wildman–Crippen LogP) is 2.67. The maximum atomic E-state index is 11.5. The highest BCUT2D eigenvalue weighted by atomic mass is 35.5. The lowest BCUT2D eigenvalue weighted by atomic mass is 10.2. The van der Waals surface area contributed by atoms with Gasteiger partial charge in [0.25, 0.3) is 0 Å². The van der Waals surface area contributed by atoms with Gasteiger partial charge in [-0.15, -0.1) is 0 Å². The van der Waals surface area contributed by atoms with Crippen molar-refractivity contribution in [1.29, 1.82) is 0 Å². The Morgan fingerprint density at radius 1 is 1.53 bits per heavy atom. The zero-order chi connectivity index (χ0) is 11.4. The molecular weight excluding hydrogens is 235 g/mol. The monoisotopic (exact) mass is 246 g/mol. The number of carbonyl (C=O) groups is 1. The summed E-state index contributed by atoms with van der Waals surface area (Å²) in [6, 6.07) is 4.35. The van der Waals surface area contributed by atoms with E-state index < -0.39 is 6.04 Å². The first-order valence-electron chi connectivity index (χ1n) is 4.56. The van der Waals surface area contributed by atoms with E-state index in [1.807, 2.05) is 6.92 Å². The Labute approximate surface area is 98.5 Å². The minimum Gasteiger partial charge on any atom is -0.323 e. The molecule has 5 heteroatoms. The molecule has 1 aromatic rings. The van der Waals surface area contributed by atoms with E-state index in [1.54, 1.807) is 18.2 Å². The molecule has 1 aromatic carbocycles. The van der Waals surface area contributed by atoms with Gasteiger partial charge in [-0.3, -0.25) is 4.79 Å². The fraction of sp³-hybridized carbons (Fsp3) is 0.300. The van der Waals surface area contributed by atoms with E-state index in [0.29, 0.717) is 22.2 Å². The average molecular weight is 247 g/mol. The van der Waals surface area contributed by atoms with E-state index >= 15 is 0 Å². The number of halogens is 2. The van der Waals surface area contributed by atoms with Crippen LogP contribution in [0.2, 0.25) is 10.0 Å². The Balaban J connectivity index is 2.77. The molecule has 0 saturated carbocycles. The third-order valence-electron chi connectivity index (χ3n) is 1.97. The summed E-state index contributed by atoms with van der Waals surface area (Å²) in [6.07, 6.45) is 0.580. The molecule has 0 radical (unpaired) electrons. The van der Waals surface area contributed by atoms with Crippen LogP contribution in [-0.4, -0.2) is 11.9 Å². The van der Waals surface area contributed by atoms with E-state index in [-0.39, 0.29) is 5.91 Å². The van der Waals surface area contributed by atoms with Crippen LogP contribution in [0.1, 0.15) is 13.3 Å². The Bertz CT molecular complexity index is 368. The first kappa shape index (κ1) is 12.3. The number of hydrogen-bond acceptors (Lipinski definition) is 2. The zero-order valence-electron chi connectivity index (χ0n) is 8.26. The summed E-state index contributed by atoms with van der Waals surface area (Å²) >= 11 is 11.6. The number of rotatable bonds is 3. The van der Waals surface area contributed by atoms with Crippen LogP contribution in [-0.2, 0) is 4.79 Å².